The average Bonchev–Trinajstić information content (AvgIpc) is 3.19. The summed E-state index contributed by atoms with van der Waals surface area (Å²) in [6.45, 7) is 2.43. The molecule has 0 aliphatic rings. The van der Waals surface area contributed by atoms with Gasteiger partial charge in [-0.2, -0.15) is 5.10 Å². The zero-order chi connectivity index (χ0) is 20.2. The summed E-state index contributed by atoms with van der Waals surface area (Å²) in [6, 6.07) is 17.5. The second-order valence-electron chi connectivity index (χ2n) is 6.80. The van der Waals surface area contributed by atoms with Gasteiger partial charge < -0.3 is 5.32 Å². The maximum Gasteiger partial charge on any atom is 0.159 e. The lowest BCUT2D eigenvalue weighted by Crippen LogP contribution is -2.18. The van der Waals surface area contributed by atoms with E-state index in [-0.39, 0.29) is 6.04 Å². The predicted molar refractivity (Wildman–Crippen MR) is 108 cm³/mol. The highest BCUT2D eigenvalue weighted by Gasteiger charge is 2.15. The summed E-state index contributed by atoms with van der Waals surface area (Å²) in [6.07, 6.45) is 5.48. The summed E-state index contributed by atoms with van der Waals surface area (Å²) < 4.78 is 28.6. The molecular formula is C23H20F2N4. The number of rotatable bonds is 6. The van der Waals surface area contributed by atoms with Crippen molar-refractivity contribution in [3.8, 4) is 16.9 Å². The monoisotopic (exact) mass is 390 g/mol. The summed E-state index contributed by atoms with van der Waals surface area (Å²) in [4.78, 5) is 4.20. The van der Waals surface area contributed by atoms with Crippen molar-refractivity contribution in [2.45, 2.75) is 19.5 Å². The van der Waals surface area contributed by atoms with Crippen molar-refractivity contribution < 1.29 is 8.78 Å². The zero-order valence-corrected chi connectivity index (χ0v) is 15.9. The lowest BCUT2D eigenvalue weighted by atomic mass is 10.1. The van der Waals surface area contributed by atoms with Crippen LogP contribution in [0.1, 0.15) is 24.1 Å². The standard InChI is InChI=1S/C23H20F2N4/c1-16(17-9-10-21(24)22(25)12-17)27-14-19-15-29(20-7-3-2-4-8-20)28-23(19)18-6-5-11-26-13-18/h2-13,15-16,27H,14H2,1H3. The largest absolute Gasteiger partial charge is 0.306 e. The van der Waals surface area contributed by atoms with Gasteiger partial charge in [-0.3, -0.25) is 4.98 Å². The van der Waals surface area contributed by atoms with Gasteiger partial charge in [0, 0.05) is 42.3 Å². The molecule has 1 atom stereocenters. The van der Waals surface area contributed by atoms with Gasteiger partial charge in [0.25, 0.3) is 0 Å². The minimum atomic E-state index is -0.844. The van der Waals surface area contributed by atoms with Crippen LogP contribution in [0.4, 0.5) is 8.78 Å². The third-order valence-corrected chi connectivity index (χ3v) is 4.79. The van der Waals surface area contributed by atoms with Crippen LogP contribution in [-0.2, 0) is 6.54 Å². The van der Waals surface area contributed by atoms with Crippen molar-refractivity contribution in [3.63, 3.8) is 0 Å². The van der Waals surface area contributed by atoms with E-state index in [9.17, 15) is 8.78 Å². The van der Waals surface area contributed by atoms with Crippen LogP contribution in [0.2, 0.25) is 0 Å². The number of nitrogens with zero attached hydrogens (tertiary/aromatic N) is 3. The first-order chi connectivity index (χ1) is 14.1. The van der Waals surface area contributed by atoms with E-state index in [0.29, 0.717) is 12.1 Å². The third-order valence-electron chi connectivity index (χ3n) is 4.79. The SMILES string of the molecule is CC(NCc1cn(-c2ccccc2)nc1-c1cccnc1)c1ccc(F)c(F)c1. The molecule has 0 spiro atoms. The topological polar surface area (TPSA) is 42.7 Å². The van der Waals surface area contributed by atoms with Crippen molar-refractivity contribution >= 4 is 0 Å². The lowest BCUT2D eigenvalue weighted by Gasteiger charge is -2.14. The highest BCUT2D eigenvalue weighted by atomic mass is 19.2. The highest BCUT2D eigenvalue weighted by Crippen LogP contribution is 2.24. The normalized spacial score (nSPS) is 12.1. The van der Waals surface area contributed by atoms with Gasteiger partial charge in [0.1, 0.15) is 0 Å². The Morgan fingerprint density at radius 3 is 2.55 bits per heavy atom. The van der Waals surface area contributed by atoms with Crippen molar-refractivity contribution in [2.24, 2.45) is 0 Å². The quantitative estimate of drug-likeness (QED) is 0.500. The van der Waals surface area contributed by atoms with Crippen molar-refractivity contribution in [3.05, 3.63) is 102 Å². The smallest absolute Gasteiger partial charge is 0.159 e. The van der Waals surface area contributed by atoms with Gasteiger partial charge in [-0.25, -0.2) is 13.5 Å². The second kappa shape index (κ2) is 8.32. The molecule has 4 aromatic rings. The number of aromatic nitrogens is 3. The van der Waals surface area contributed by atoms with Crippen LogP contribution in [0.15, 0.2) is 79.3 Å². The molecule has 1 N–H and O–H groups in total. The predicted octanol–water partition coefficient (Wildman–Crippen LogP) is 5.06. The molecule has 0 aliphatic heterocycles. The summed E-state index contributed by atoms with van der Waals surface area (Å²) in [5.41, 5.74) is 4.36. The van der Waals surface area contributed by atoms with Gasteiger partial charge in [0.05, 0.1) is 11.4 Å². The minimum Gasteiger partial charge on any atom is -0.306 e. The van der Waals surface area contributed by atoms with E-state index in [2.05, 4.69) is 10.3 Å². The maximum absolute atomic E-state index is 13.6. The van der Waals surface area contributed by atoms with Crippen molar-refractivity contribution in [2.75, 3.05) is 0 Å². The Morgan fingerprint density at radius 1 is 1.00 bits per heavy atom. The molecule has 0 saturated heterocycles. The average molecular weight is 390 g/mol. The van der Waals surface area contributed by atoms with Crippen LogP contribution < -0.4 is 5.32 Å². The Bertz CT molecular complexity index is 1090. The van der Waals surface area contributed by atoms with E-state index >= 15 is 0 Å². The fourth-order valence-electron chi connectivity index (χ4n) is 3.16. The zero-order valence-electron chi connectivity index (χ0n) is 15.9. The molecule has 0 bridgehead atoms. The first-order valence-corrected chi connectivity index (χ1v) is 9.34. The Kier molecular flexibility index (Phi) is 5.44. The molecule has 2 aromatic heterocycles. The molecule has 0 amide bonds. The van der Waals surface area contributed by atoms with Crippen LogP contribution in [0.3, 0.4) is 0 Å². The van der Waals surface area contributed by atoms with Crippen LogP contribution in [-0.4, -0.2) is 14.8 Å². The van der Waals surface area contributed by atoms with E-state index in [1.165, 1.54) is 6.07 Å². The fourth-order valence-corrected chi connectivity index (χ4v) is 3.16. The number of pyridine rings is 1. The van der Waals surface area contributed by atoms with Gasteiger partial charge in [-0.1, -0.05) is 24.3 Å². The molecule has 4 nitrogen and oxygen atoms in total. The Balaban J connectivity index is 1.61. The molecule has 146 valence electrons. The lowest BCUT2D eigenvalue weighted by molar-refractivity contribution is 0.500. The molecule has 1 unspecified atom stereocenters. The van der Waals surface area contributed by atoms with Crippen molar-refractivity contribution in [1.82, 2.24) is 20.1 Å². The van der Waals surface area contributed by atoms with Gasteiger partial charge in [-0.15, -0.1) is 0 Å². The minimum absolute atomic E-state index is 0.160. The summed E-state index contributed by atoms with van der Waals surface area (Å²) in [5, 5.41) is 8.13. The number of nitrogens with one attached hydrogen (secondary N) is 1. The van der Waals surface area contributed by atoms with Crippen LogP contribution in [0.5, 0.6) is 0 Å². The summed E-state index contributed by atoms with van der Waals surface area (Å²) in [5.74, 6) is -1.69. The Morgan fingerprint density at radius 2 is 1.83 bits per heavy atom. The first-order valence-electron chi connectivity index (χ1n) is 9.34. The van der Waals surface area contributed by atoms with Crippen LogP contribution in [0, 0.1) is 11.6 Å². The second-order valence-corrected chi connectivity index (χ2v) is 6.80. The molecule has 2 aromatic carbocycles. The number of halogens is 2. The van der Waals surface area contributed by atoms with Crippen molar-refractivity contribution in [1.29, 1.82) is 0 Å². The summed E-state index contributed by atoms with van der Waals surface area (Å²) >= 11 is 0. The molecule has 29 heavy (non-hydrogen) atoms. The van der Waals surface area contributed by atoms with E-state index in [0.717, 1.165) is 28.6 Å². The molecule has 4 rings (SSSR count). The molecule has 0 aliphatic carbocycles. The summed E-state index contributed by atoms with van der Waals surface area (Å²) in [7, 11) is 0. The van der Waals surface area contributed by atoms with E-state index < -0.39 is 11.6 Å². The Hall–Kier alpha value is -3.38. The van der Waals surface area contributed by atoms with Crippen LogP contribution >= 0.6 is 0 Å². The molecule has 0 radical (unpaired) electrons. The molecular weight excluding hydrogens is 370 g/mol. The number of hydrogen-bond donors (Lipinski definition) is 1. The number of hydrogen-bond acceptors (Lipinski definition) is 3. The molecule has 0 fully saturated rings. The van der Waals surface area contributed by atoms with Gasteiger partial charge in [0.2, 0.25) is 0 Å². The van der Waals surface area contributed by atoms with E-state index in [4.69, 9.17) is 5.10 Å². The first kappa shape index (κ1) is 19.0. The number of benzene rings is 2. The number of para-hydroxylation sites is 1. The van der Waals surface area contributed by atoms with Gasteiger partial charge in [-0.05, 0) is 48.9 Å². The van der Waals surface area contributed by atoms with Crippen LogP contribution in [0.25, 0.3) is 16.9 Å². The molecule has 0 saturated carbocycles. The maximum atomic E-state index is 13.6. The van der Waals surface area contributed by atoms with Gasteiger partial charge >= 0.3 is 0 Å². The highest BCUT2D eigenvalue weighted by molar-refractivity contribution is 5.62. The van der Waals surface area contributed by atoms with Gasteiger partial charge in [0.15, 0.2) is 11.6 Å². The molecule has 2 heterocycles. The van der Waals surface area contributed by atoms with E-state index in [1.807, 2.05) is 60.3 Å². The third kappa shape index (κ3) is 4.22. The van der Waals surface area contributed by atoms with E-state index in [1.54, 1.807) is 18.5 Å². The molecule has 6 heteroatoms. The Labute approximate surface area is 167 Å². The fraction of sp³-hybridized carbons (Fsp3) is 0.130.